The normalized spacial score (nSPS) is 15.0. The van der Waals surface area contributed by atoms with Crippen LogP contribution in [0.4, 0.5) is 0 Å². The Hall–Kier alpha value is -2.22. The highest BCUT2D eigenvalue weighted by Crippen LogP contribution is 2.28. The molecule has 1 amide bonds. The molecule has 2 aromatic rings. The van der Waals surface area contributed by atoms with E-state index in [-0.39, 0.29) is 11.6 Å². The summed E-state index contributed by atoms with van der Waals surface area (Å²) in [6, 6.07) is 2.15. The van der Waals surface area contributed by atoms with Crippen LogP contribution >= 0.6 is 11.3 Å². The van der Waals surface area contributed by atoms with Gasteiger partial charge >= 0.3 is 5.97 Å². The first-order chi connectivity index (χ1) is 11.1. The van der Waals surface area contributed by atoms with Crippen molar-refractivity contribution < 1.29 is 14.7 Å². The summed E-state index contributed by atoms with van der Waals surface area (Å²) < 4.78 is 1.89. The summed E-state index contributed by atoms with van der Waals surface area (Å²) in [4.78, 5) is 26.8. The average Bonchev–Trinajstić information content (AvgIpc) is 3.27. The number of carboxylic acid groups (broad SMARTS) is 1. The standard InChI is InChI=1S/C15H18N4O3S/c20-14(11-6-8-19(18-11)10-3-1-2-4-10)16-7-5-13-17-12(9-23-13)15(21)22/h6,8-10H,1-5,7H2,(H,16,20)(H,21,22). The molecule has 3 rings (SSSR count). The number of thiazole rings is 1. The quantitative estimate of drug-likeness (QED) is 0.843. The molecule has 0 radical (unpaired) electrons. The van der Waals surface area contributed by atoms with E-state index in [2.05, 4.69) is 15.4 Å². The van der Waals surface area contributed by atoms with E-state index in [1.807, 2.05) is 10.9 Å². The molecule has 1 aliphatic carbocycles. The van der Waals surface area contributed by atoms with E-state index in [0.717, 1.165) is 12.8 Å². The van der Waals surface area contributed by atoms with Crippen molar-refractivity contribution in [2.45, 2.75) is 38.1 Å². The average molecular weight is 334 g/mol. The van der Waals surface area contributed by atoms with E-state index in [4.69, 9.17) is 5.11 Å². The lowest BCUT2D eigenvalue weighted by Gasteiger charge is -2.08. The molecule has 0 unspecified atom stereocenters. The Morgan fingerprint density at radius 3 is 2.83 bits per heavy atom. The van der Waals surface area contributed by atoms with Gasteiger partial charge in [0, 0.05) is 24.5 Å². The van der Waals surface area contributed by atoms with Crippen LogP contribution < -0.4 is 5.32 Å². The molecular formula is C15H18N4O3S. The topological polar surface area (TPSA) is 97.1 Å². The summed E-state index contributed by atoms with van der Waals surface area (Å²) in [7, 11) is 0. The molecule has 2 heterocycles. The number of carboxylic acids is 1. The van der Waals surface area contributed by atoms with Crippen molar-refractivity contribution in [2.24, 2.45) is 0 Å². The van der Waals surface area contributed by atoms with Gasteiger partial charge in [0.15, 0.2) is 5.69 Å². The van der Waals surface area contributed by atoms with Gasteiger partial charge in [0.05, 0.1) is 11.0 Å². The SMILES string of the molecule is O=C(O)c1csc(CCNC(=O)c2ccn(C3CCCC3)n2)n1. The number of nitrogens with zero attached hydrogens (tertiary/aromatic N) is 3. The summed E-state index contributed by atoms with van der Waals surface area (Å²) in [6.45, 7) is 0.404. The second kappa shape index (κ2) is 6.91. The first-order valence-corrected chi connectivity index (χ1v) is 8.52. The molecular weight excluding hydrogens is 316 g/mol. The number of carbonyl (C=O) groups is 2. The highest BCUT2D eigenvalue weighted by Gasteiger charge is 2.19. The van der Waals surface area contributed by atoms with Gasteiger partial charge in [-0.25, -0.2) is 9.78 Å². The zero-order valence-electron chi connectivity index (χ0n) is 12.6. The lowest BCUT2D eigenvalue weighted by atomic mass is 10.3. The molecule has 23 heavy (non-hydrogen) atoms. The van der Waals surface area contributed by atoms with Gasteiger partial charge < -0.3 is 10.4 Å². The van der Waals surface area contributed by atoms with Crippen molar-refractivity contribution in [1.29, 1.82) is 0 Å². The number of hydrogen-bond acceptors (Lipinski definition) is 5. The molecule has 0 aromatic carbocycles. The smallest absolute Gasteiger partial charge is 0.355 e. The molecule has 2 N–H and O–H groups in total. The molecule has 1 fully saturated rings. The Labute approximate surface area is 137 Å². The van der Waals surface area contributed by atoms with Gasteiger partial charge in [-0.2, -0.15) is 5.10 Å². The zero-order chi connectivity index (χ0) is 16.2. The van der Waals surface area contributed by atoms with Gasteiger partial charge in [-0.3, -0.25) is 9.48 Å². The van der Waals surface area contributed by atoms with E-state index in [0.29, 0.717) is 29.7 Å². The van der Waals surface area contributed by atoms with Crippen LogP contribution in [0.5, 0.6) is 0 Å². The Morgan fingerprint density at radius 1 is 1.35 bits per heavy atom. The molecule has 1 saturated carbocycles. The van der Waals surface area contributed by atoms with Crippen LogP contribution in [-0.4, -0.2) is 38.3 Å². The maximum absolute atomic E-state index is 12.1. The summed E-state index contributed by atoms with van der Waals surface area (Å²) in [5.41, 5.74) is 0.467. The fourth-order valence-corrected chi connectivity index (χ4v) is 3.50. The molecule has 7 nitrogen and oxygen atoms in total. The minimum atomic E-state index is -1.03. The Morgan fingerprint density at radius 2 is 2.13 bits per heavy atom. The van der Waals surface area contributed by atoms with Crippen LogP contribution in [0.1, 0.15) is 57.7 Å². The maximum atomic E-state index is 12.1. The number of nitrogens with one attached hydrogen (secondary N) is 1. The van der Waals surface area contributed by atoms with Crippen molar-refractivity contribution in [3.63, 3.8) is 0 Å². The number of aromatic carboxylic acids is 1. The van der Waals surface area contributed by atoms with E-state index in [9.17, 15) is 9.59 Å². The van der Waals surface area contributed by atoms with E-state index >= 15 is 0 Å². The number of amides is 1. The summed E-state index contributed by atoms with van der Waals surface area (Å²) >= 11 is 1.28. The fraction of sp³-hybridized carbons (Fsp3) is 0.467. The number of aromatic nitrogens is 3. The van der Waals surface area contributed by atoms with Crippen LogP contribution in [-0.2, 0) is 6.42 Å². The molecule has 8 heteroatoms. The highest BCUT2D eigenvalue weighted by molar-refractivity contribution is 7.09. The Balaban J connectivity index is 1.49. The minimum Gasteiger partial charge on any atom is -0.476 e. The van der Waals surface area contributed by atoms with Crippen molar-refractivity contribution in [2.75, 3.05) is 6.54 Å². The first kappa shape index (κ1) is 15.7. The summed E-state index contributed by atoms with van der Waals surface area (Å²) in [5.74, 6) is -1.24. The molecule has 0 atom stereocenters. The van der Waals surface area contributed by atoms with E-state index in [1.165, 1.54) is 29.6 Å². The van der Waals surface area contributed by atoms with Crippen LogP contribution in [0.25, 0.3) is 0 Å². The molecule has 2 aromatic heterocycles. The van der Waals surface area contributed by atoms with Gasteiger partial charge in [-0.05, 0) is 18.9 Å². The highest BCUT2D eigenvalue weighted by atomic mass is 32.1. The van der Waals surface area contributed by atoms with E-state index < -0.39 is 5.97 Å². The van der Waals surface area contributed by atoms with Crippen LogP contribution in [0, 0.1) is 0 Å². The summed E-state index contributed by atoms with van der Waals surface area (Å²) in [6.07, 6.45) is 7.06. The van der Waals surface area contributed by atoms with Gasteiger partial charge in [0.2, 0.25) is 0 Å². The number of rotatable bonds is 6. The van der Waals surface area contributed by atoms with Gasteiger partial charge in [-0.15, -0.1) is 11.3 Å². The van der Waals surface area contributed by atoms with Crippen LogP contribution in [0.3, 0.4) is 0 Å². The minimum absolute atomic E-state index is 0.0478. The molecule has 0 saturated heterocycles. The van der Waals surface area contributed by atoms with Gasteiger partial charge in [0.1, 0.15) is 5.69 Å². The zero-order valence-corrected chi connectivity index (χ0v) is 13.4. The molecule has 0 spiro atoms. The molecule has 1 aliphatic rings. The predicted molar refractivity (Wildman–Crippen MR) is 84.8 cm³/mol. The van der Waals surface area contributed by atoms with E-state index in [1.54, 1.807) is 6.07 Å². The third-order valence-corrected chi connectivity index (χ3v) is 4.84. The molecule has 0 aliphatic heterocycles. The Kier molecular flexibility index (Phi) is 4.71. The summed E-state index contributed by atoms with van der Waals surface area (Å²) in [5, 5.41) is 18.2. The van der Waals surface area contributed by atoms with Crippen molar-refractivity contribution in [3.8, 4) is 0 Å². The van der Waals surface area contributed by atoms with Crippen molar-refractivity contribution >= 4 is 23.2 Å². The largest absolute Gasteiger partial charge is 0.476 e. The molecule has 122 valence electrons. The lowest BCUT2D eigenvalue weighted by molar-refractivity contribution is 0.0690. The number of hydrogen-bond donors (Lipinski definition) is 2. The van der Waals surface area contributed by atoms with Crippen LogP contribution in [0.2, 0.25) is 0 Å². The van der Waals surface area contributed by atoms with Gasteiger partial charge in [-0.1, -0.05) is 12.8 Å². The fourth-order valence-electron chi connectivity index (χ4n) is 2.73. The number of carbonyl (C=O) groups excluding carboxylic acids is 1. The Bertz CT molecular complexity index is 703. The monoisotopic (exact) mass is 334 g/mol. The predicted octanol–water partition coefficient (Wildman–Crippen LogP) is 2.13. The maximum Gasteiger partial charge on any atom is 0.355 e. The van der Waals surface area contributed by atoms with Crippen molar-refractivity contribution in [3.05, 3.63) is 34.0 Å². The third-order valence-electron chi connectivity index (χ3n) is 3.94. The van der Waals surface area contributed by atoms with Crippen molar-refractivity contribution in [1.82, 2.24) is 20.1 Å². The lowest BCUT2D eigenvalue weighted by Crippen LogP contribution is -2.26. The third kappa shape index (κ3) is 3.76. The molecule has 0 bridgehead atoms. The van der Waals surface area contributed by atoms with Crippen LogP contribution in [0.15, 0.2) is 17.6 Å². The van der Waals surface area contributed by atoms with Gasteiger partial charge in [0.25, 0.3) is 5.91 Å². The second-order valence-corrected chi connectivity index (χ2v) is 6.50. The first-order valence-electron chi connectivity index (χ1n) is 7.64. The second-order valence-electron chi connectivity index (χ2n) is 5.56.